The molecule has 2 fully saturated rings. The van der Waals surface area contributed by atoms with E-state index < -0.39 is 0 Å². The van der Waals surface area contributed by atoms with E-state index in [1.807, 2.05) is 55.4 Å². The van der Waals surface area contributed by atoms with Gasteiger partial charge in [-0.15, -0.1) is 0 Å². The van der Waals surface area contributed by atoms with Gasteiger partial charge in [0, 0.05) is 0 Å². The fourth-order valence-electron chi connectivity index (χ4n) is 3.25. The molecule has 0 N–H and O–H groups in total. The van der Waals surface area contributed by atoms with Crippen LogP contribution in [0.4, 0.5) is 0 Å². The van der Waals surface area contributed by atoms with Crippen molar-refractivity contribution in [3.05, 3.63) is 59.2 Å². The van der Waals surface area contributed by atoms with Crippen LogP contribution in [-0.4, -0.2) is 26.2 Å². The van der Waals surface area contributed by atoms with Crippen molar-refractivity contribution in [3.63, 3.8) is 0 Å². The molecule has 0 atom stereocenters. The molecule has 4 nitrogen and oxygen atoms in total. The Morgan fingerprint density at radius 1 is 0.481 bits per heavy atom. The van der Waals surface area contributed by atoms with Gasteiger partial charge in [0.15, 0.2) is 0 Å². The van der Waals surface area contributed by atoms with Crippen molar-refractivity contribution in [2.75, 3.05) is 14.2 Å². The fourth-order valence-corrected chi connectivity index (χ4v) is 3.25. The molecule has 0 bridgehead atoms. The summed E-state index contributed by atoms with van der Waals surface area (Å²) in [6.45, 7) is 16.0. The first-order chi connectivity index (χ1) is 12.0. The van der Waals surface area contributed by atoms with Crippen LogP contribution in [0.1, 0.15) is 55.4 Å². The molecule has 2 aliphatic rings. The Balaban J connectivity index is 0.000000483. The third-order valence-corrected chi connectivity index (χ3v) is 5.65. The average molecular weight is 414 g/mol. The smallest absolute Gasteiger partial charge is 0.469 e. The van der Waals surface area contributed by atoms with E-state index >= 15 is 0 Å². The van der Waals surface area contributed by atoms with Crippen LogP contribution < -0.4 is 0 Å². The van der Waals surface area contributed by atoms with Crippen LogP contribution in [0.15, 0.2) is 0 Å². The number of hydrogen-bond donors (Lipinski definition) is 0. The molecular formula is C22H30FeO4+2. The summed E-state index contributed by atoms with van der Waals surface area (Å²) in [5.41, 5.74) is 0. The number of carbonyl (C=O) groups excluding carboxylic acids is 2. The van der Waals surface area contributed by atoms with E-state index in [0.717, 1.165) is 35.5 Å². The minimum absolute atomic E-state index is 0. The quantitative estimate of drug-likeness (QED) is 0.501. The Labute approximate surface area is 177 Å². The van der Waals surface area contributed by atoms with Crippen molar-refractivity contribution in [3.8, 4) is 0 Å². The first-order valence-electron chi connectivity index (χ1n) is 8.63. The molecule has 0 amide bonds. The summed E-state index contributed by atoms with van der Waals surface area (Å²) < 4.78 is 9.45. The number of esters is 2. The monoisotopic (exact) mass is 414 g/mol. The van der Waals surface area contributed by atoms with Gasteiger partial charge >= 0.3 is 29.0 Å². The Morgan fingerprint density at radius 2 is 0.667 bits per heavy atom. The van der Waals surface area contributed by atoms with Gasteiger partial charge in [0.1, 0.15) is 0 Å². The van der Waals surface area contributed by atoms with Crippen molar-refractivity contribution < 1.29 is 36.1 Å². The average Bonchev–Trinajstić information content (AvgIpc) is 2.94. The summed E-state index contributed by atoms with van der Waals surface area (Å²) in [5.74, 6) is 9.95. The van der Waals surface area contributed by atoms with Crippen molar-refractivity contribution in [2.45, 2.75) is 55.4 Å². The minimum atomic E-state index is -0.230. The van der Waals surface area contributed by atoms with E-state index in [9.17, 15) is 9.59 Å². The predicted molar refractivity (Wildman–Crippen MR) is 102 cm³/mol. The fraction of sp³-hybridized carbons (Fsp3) is 0.455. The number of carbonyl (C=O) groups is 2. The molecule has 0 aliphatic heterocycles. The van der Waals surface area contributed by atoms with Gasteiger partial charge in [0.05, 0.1) is 26.1 Å². The van der Waals surface area contributed by atoms with Gasteiger partial charge in [-0.25, -0.2) is 0 Å². The number of rotatable bonds is 2. The second-order valence-electron chi connectivity index (χ2n) is 6.73. The summed E-state index contributed by atoms with van der Waals surface area (Å²) in [6.07, 6.45) is 0. The summed E-state index contributed by atoms with van der Waals surface area (Å²) >= 11 is 0. The molecule has 0 aromatic heterocycles. The zero-order valence-corrected chi connectivity index (χ0v) is 19.1. The van der Waals surface area contributed by atoms with Gasteiger partial charge in [-0.1, -0.05) is 55.4 Å². The molecule has 148 valence electrons. The Bertz CT molecular complexity index is 423. The zero-order valence-electron chi connectivity index (χ0n) is 18.0. The molecule has 27 heavy (non-hydrogen) atoms. The molecule has 2 rings (SSSR count). The van der Waals surface area contributed by atoms with Crippen molar-refractivity contribution in [1.82, 2.24) is 0 Å². The van der Waals surface area contributed by atoms with Crippen molar-refractivity contribution in [2.24, 2.45) is 0 Å². The minimum Gasteiger partial charge on any atom is -0.469 e. The SMILES string of the molecule is COC(=O)[C]1[C](C)[C](C)[C](C)[C]1C.COC(=O)[C]1[C](C)[C](C)[C](C)[C]1C.[Fe+2]. The van der Waals surface area contributed by atoms with Crippen LogP contribution in [0.2, 0.25) is 0 Å². The molecule has 10 radical (unpaired) electrons. The summed E-state index contributed by atoms with van der Waals surface area (Å²) in [4.78, 5) is 22.8. The van der Waals surface area contributed by atoms with Gasteiger partial charge in [0.2, 0.25) is 0 Å². The molecule has 0 heterocycles. The van der Waals surface area contributed by atoms with Crippen LogP contribution in [0, 0.1) is 59.2 Å². The second-order valence-corrected chi connectivity index (χ2v) is 6.73. The van der Waals surface area contributed by atoms with Gasteiger partial charge in [-0.3, -0.25) is 9.59 Å². The third kappa shape index (κ3) is 5.29. The van der Waals surface area contributed by atoms with Gasteiger partial charge in [-0.2, -0.15) is 0 Å². The molecule has 5 heteroatoms. The summed E-state index contributed by atoms with van der Waals surface area (Å²) in [5, 5.41) is 0. The standard InChI is InChI=1S/2C11H15O2.Fe/c2*1-6-7(2)9(4)10(8(6)3)11(12)13-5;/h2*1-5H3;/q;;+2. The molecular weight excluding hydrogens is 384 g/mol. The van der Waals surface area contributed by atoms with E-state index in [2.05, 4.69) is 0 Å². The van der Waals surface area contributed by atoms with Crippen molar-refractivity contribution >= 4 is 11.9 Å². The summed E-state index contributed by atoms with van der Waals surface area (Å²) in [7, 11) is 2.83. The van der Waals surface area contributed by atoms with E-state index in [1.165, 1.54) is 37.9 Å². The van der Waals surface area contributed by atoms with Crippen LogP contribution in [0.25, 0.3) is 0 Å². The molecule has 0 aromatic carbocycles. The normalized spacial score (nSPS) is 23.2. The third-order valence-electron chi connectivity index (χ3n) is 5.65. The number of ether oxygens (including phenoxy) is 2. The largest absolute Gasteiger partial charge is 2.00 e. The van der Waals surface area contributed by atoms with Gasteiger partial charge in [0.25, 0.3) is 0 Å². The van der Waals surface area contributed by atoms with Crippen LogP contribution in [0.5, 0.6) is 0 Å². The van der Waals surface area contributed by atoms with Crippen LogP contribution in [-0.2, 0) is 36.1 Å². The summed E-state index contributed by atoms with van der Waals surface area (Å²) in [6, 6.07) is 0. The first kappa shape index (κ1) is 26.5. The van der Waals surface area contributed by atoms with Crippen LogP contribution >= 0.6 is 0 Å². The van der Waals surface area contributed by atoms with Crippen molar-refractivity contribution in [1.29, 1.82) is 0 Å². The Hall–Kier alpha value is -0.541. The predicted octanol–water partition coefficient (Wildman–Crippen LogP) is 4.25. The first-order valence-corrected chi connectivity index (χ1v) is 8.63. The van der Waals surface area contributed by atoms with E-state index in [-0.39, 0.29) is 29.0 Å². The molecule has 2 aliphatic carbocycles. The second kappa shape index (κ2) is 10.9. The molecule has 2 saturated carbocycles. The molecule has 0 saturated heterocycles. The zero-order chi connectivity index (χ0) is 20.3. The van der Waals surface area contributed by atoms with E-state index in [0.29, 0.717) is 0 Å². The van der Waals surface area contributed by atoms with E-state index in [4.69, 9.17) is 9.47 Å². The topological polar surface area (TPSA) is 52.6 Å². The maximum absolute atomic E-state index is 11.4. The molecule has 0 unspecified atom stereocenters. The number of hydrogen-bond acceptors (Lipinski definition) is 4. The number of methoxy groups -OCH3 is 2. The van der Waals surface area contributed by atoms with Gasteiger partial charge < -0.3 is 9.47 Å². The van der Waals surface area contributed by atoms with Gasteiger partial charge in [-0.05, 0) is 47.3 Å². The maximum Gasteiger partial charge on any atom is 2.00 e. The maximum atomic E-state index is 11.4. The Kier molecular flexibility index (Phi) is 10.6. The van der Waals surface area contributed by atoms with Crippen LogP contribution in [0.3, 0.4) is 0 Å². The van der Waals surface area contributed by atoms with E-state index in [1.54, 1.807) is 0 Å². The molecule has 0 spiro atoms. The molecule has 0 aromatic rings. The Morgan fingerprint density at radius 3 is 0.815 bits per heavy atom.